The first kappa shape index (κ1) is 18.0. The number of fused-ring (bicyclic) bond motifs is 1. The molecule has 0 radical (unpaired) electrons. The highest BCUT2D eigenvalue weighted by Gasteiger charge is 2.19. The van der Waals surface area contributed by atoms with E-state index in [9.17, 15) is 4.79 Å². The largest absolute Gasteiger partial charge is 0.350 e. The lowest BCUT2D eigenvalue weighted by Crippen LogP contribution is -2.28. The molecule has 0 bridgehead atoms. The number of hydrogen-bond donors (Lipinski definition) is 1. The molecule has 0 saturated heterocycles. The number of aryl methyl sites for hydroxylation is 2. The van der Waals surface area contributed by atoms with Gasteiger partial charge in [0, 0.05) is 13.1 Å². The van der Waals surface area contributed by atoms with Crippen molar-refractivity contribution in [1.82, 2.24) is 24.6 Å². The molecule has 0 aliphatic rings. The van der Waals surface area contributed by atoms with Crippen LogP contribution >= 0.6 is 0 Å². The summed E-state index contributed by atoms with van der Waals surface area (Å²) in [5.74, 6) is 0.846. The van der Waals surface area contributed by atoms with Gasteiger partial charge in [0.25, 0.3) is 5.91 Å². The topological polar surface area (TPSA) is 64.7 Å². The van der Waals surface area contributed by atoms with Crippen molar-refractivity contribution >= 4 is 16.9 Å². The predicted molar refractivity (Wildman–Crippen MR) is 110 cm³/mol. The summed E-state index contributed by atoms with van der Waals surface area (Å²) in [5, 5.41) is 7.59. The van der Waals surface area contributed by atoms with Gasteiger partial charge < -0.3 is 9.88 Å². The lowest BCUT2D eigenvalue weighted by atomic mass is 10.2. The molecule has 0 atom stereocenters. The molecule has 142 valence electrons. The summed E-state index contributed by atoms with van der Waals surface area (Å²) < 4.78 is 3.94. The van der Waals surface area contributed by atoms with Crippen LogP contribution in [0.2, 0.25) is 0 Å². The molecule has 0 spiro atoms. The molecule has 0 aliphatic carbocycles. The van der Waals surface area contributed by atoms with E-state index in [0.29, 0.717) is 18.7 Å². The van der Waals surface area contributed by atoms with Crippen molar-refractivity contribution in [2.75, 3.05) is 6.54 Å². The minimum Gasteiger partial charge on any atom is -0.350 e. The molecular weight excluding hydrogens is 350 g/mol. The monoisotopic (exact) mass is 373 g/mol. The lowest BCUT2D eigenvalue weighted by Gasteiger charge is -2.09. The van der Waals surface area contributed by atoms with E-state index in [1.54, 1.807) is 0 Å². The second kappa shape index (κ2) is 7.31. The second-order valence-electron chi connectivity index (χ2n) is 6.85. The number of aromatic nitrogens is 4. The first-order valence-electron chi connectivity index (χ1n) is 9.38. The van der Waals surface area contributed by atoms with Gasteiger partial charge in [-0.25, -0.2) is 9.67 Å². The zero-order valence-corrected chi connectivity index (χ0v) is 16.3. The summed E-state index contributed by atoms with van der Waals surface area (Å²) in [6.45, 7) is 6.97. The maximum atomic E-state index is 12.8. The molecule has 2 heterocycles. The van der Waals surface area contributed by atoms with Crippen LogP contribution in [0.3, 0.4) is 0 Å². The molecule has 1 amide bonds. The van der Waals surface area contributed by atoms with E-state index >= 15 is 0 Å². The molecule has 0 fully saturated rings. The number of rotatable bonds is 5. The van der Waals surface area contributed by atoms with Crippen molar-refractivity contribution in [1.29, 1.82) is 0 Å². The standard InChI is InChI=1S/C22H23N5O/c1-15-21(16(2)27(25-15)18-9-5-4-6-10-18)22(28)23-13-14-26-17(3)24-19-11-7-8-12-20(19)26/h4-12H,13-14H2,1-3H3,(H,23,28). The van der Waals surface area contributed by atoms with Crippen molar-refractivity contribution in [3.05, 3.63) is 77.4 Å². The van der Waals surface area contributed by atoms with Gasteiger partial charge in [0.05, 0.1) is 33.7 Å². The predicted octanol–water partition coefficient (Wildman–Crippen LogP) is 3.58. The number of carbonyl (C=O) groups excluding carboxylic acids is 1. The highest BCUT2D eigenvalue weighted by Crippen LogP contribution is 2.18. The van der Waals surface area contributed by atoms with E-state index in [0.717, 1.165) is 33.9 Å². The van der Waals surface area contributed by atoms with Crippen molar-refractivity contribution in [2.24, 2.45) is 0 Å². The van der Waals surface area contributed by atoms with Gasteiger partial charge in [0.1, 0.15) is 5.82 Å². The number of benzene rings is 2. The molecule has 0 aliphatic heterocycles. The molecule has 28 heavy (non-hydrogen) atoms. The fourth-order valence-electron chi connectivity index (χ4n) is 3.64. The lowest BCUT2D eigenvalue weighted by molar-refractivity contribution is 0.0951. The summed E-state index contributed by atoms with van der Waals surface area (Å²) in [6, 6.07) is 17.9. The van der Waals surface area contributed by atoms with E-state index in [2.05, 4.69) is 26.0 Å². The number of para-hydroxylation sites is 3. The van der Waals surface area contributed by atoms with E-state index in [-0.39, 0.29) is 5.91 Å². The van der Waals surface area contributed by atoms with E-state index in [1.807, 2.05) is 74.0 Å². The molecular formula is C22H23N5O. The van der Waals surface area contributed by atoms with Gasteiger partial charge in [0.2, 0.25) is 0 Å². The SMILES string of the molecule is Cc1nn(-c2ccccc2)c(C)c1C(=O)NCCn1c(C)nc2ccccc21. The smallest absolute Gasteiger partial charge is 0.255 e. The Balaban J connectivity index is 1.50. The van der Waals surface area contributed by atoms with Gasteiger partial charge in [-0.05, 0) is 45.0 Å². The van der Waals surface area contributed by atoms with Crippen LogP contribution in [0.1, 0.15) is 27.6 Å². The van der Waals surface area contributed by atoms with Crippen molar-refractivity contribution < 1.29 is 4.79 Å². The van der Waals surface area contributed by atoms with Crippen LogP contribution in [-0.2, 0) is 6.54 Å². The third-order valence-corrected chi connectivity index (χ3v) is 4.99. The Morgan fingerprint density at radius 2 is 1.71 bits per heavy atom. The zero-order chi connectivity index (χ0) is 19.7. The van der Waals surface area contributed by atoms with E-state index in [4.69, 9.17) is 0 Å². The summed E-state index contributed by atoms with van der Waals surface area (Å²) in [6.07, 6.45) is 0. The number of imidazole rings is 1. The molecule has 4 rings (SSSR count). The Morgan fingerprint density at radius 3 is 2.50 bits per heavy atom. The average molecular weight is 373 g/mol. The van der Waals surface area contributed by atoms with Crippen LogP contribution in [0, 0.1) is 20.8 Å². The molecule has 6 heteroatoms. The normalized spacial score (nSPS) is 11.1. The second-order valence-corrected chi connectivity index (χ2v) is 6.85. The first-order valence-corrected chi connectivity index (χ1v) is 9.38. The molecule has 2 aromatic carbocycles. The van der Waals surface area contributed by atoms with Gasteiger partial charge in [-0.3, -0.25) is 4.79 Å². The Morgan fingerprint density at radius 1 is 1.00 bits per heavy atom. The molecule has 0 saturated carbocycles. The van der Waals surface area contributed by atoms with Crippen LogP contribution in [0.15, 0.2) is 54.6 Å². The first-order chi connectivity index (χ1) is 13.6. The molecule has 1 N–H and O–H groups in total. The highest BCUT2D eigenvalue weighted by molar-refractivity contribution is 5.96. The van der Waals surface area contributed by atoms with Gasteiger partial charge in [-0.1, -0.05) is 30.3 Å². The maximum absolute atomic E-state index is 12.8. The Bertz CT molecular complexity index is 1140. The van der Waals surface area contributed by atoms with Crippen molar-refractivity contribution in [2.45, 2.75) is 27.3 Å². The van der Waals surface area contributed by atoms with Gasteiger partial charge in [-0.15, -0.1) is 0 Å². The summed E-state index contributed by atoms with van der Waals surface area (Å²) >= 11 is 0. The van der Waals surface area contributed by atoms with E-state index < -0.39 is 0 Å². The van der Waals surface area contributed by atoms with Crippen LogP contribution in [0.5, 0.6) is 0 Å². The fraction of sp³-hybridized carbons (Fsp3) is 0.227. The van der Waals surface area contributed by atoms with Crippen LogP contribution < -0.4 is 5.32 Å². The Labute approximate surface area is 163 Å². The number of hydrogen-bond acceptors (Lipinski definition) is 3. The number of amides is 1. The third-order valence-electron chi connectivity index (χ3n) is 4.99. The average Bonchev–Trinajstić information content (AvgIpc) is 3.18. The van der Waals surface area contributed by atoms with Crippen LogP contribution in [0.4, 0.5) is 0 Å². The zero-order valence-electron chi connectivity index (χ0n) is 16.3. The molecule has 6 nitrogen and oxygen atoms in total. The van der Waals surface area contributed by atoms with Crippen molar-refractivity contribution in [3.63, 3.8) is 0 Å². The quantitative estimate of drug-likeness (QED) is 0.582. The highest BCUT2D eigenvalue weighted by atomic mass is 16.1. The third kappa shape index (κ3) is 3.17. The van der Waals surface area contributed by atoms with Crippen molar-refractivity contribution in [3.8, 4) is 5.69 Å². The summed E-state index contributed by atoms with van der Waals surface area (Å²) in [4.78, 5) is 17.4. The molecule has 0 unspecified atom stereocenters. The van der Waals surface area contributed by atoms with Crippen LogP contribution in [-0.4, -0.2) is 31.8 Å². The summed E-state index contributed by atoms with van der Waals surface area (Å²) in [7, 11) is 0. The molecule has 2 aromatic heterocycles. The van der Waals surface area contributed by atoms with Gasteiger partial charge >= 0.3 is 0 Å². The van der Waals surface area contributed by atoms with Gasteiger partial charge in [0.15, 0.2) is 0 Å². The fourth-order valence-corrected chi connectivity index (χ4v) is 3.64. The Hall–Kier alpha value is -3.41. The number of carbonyl (C=O) groups is 1. The minimum absolute atomic E-state index is 0.0979. The minimum atomic E-state index is -0.0979. The maximum Gasteiger partial charge on any atom is 0.255 e. The van der Waals surface area contributed by atoms with E-state index in [1.165, 1.54) is 0 Å². The van der Waals surface area contributed by atoms with Crippen LogP contribution in [0.25, 0.3) is 16.7 Å². The number of nitrogens with zero attached hydrogens (tertiary/aromatic N) is 4. The van der Waals surface area contributed by atoms with Gasteiger partial charge in [-0.2, -0.15) is 5.10 Å². The Kier molecular flexibility index (Phi) is 4.69. The number of nitrogens with one attached hydrogen (secondary N) is 1. The molecule has 4 aromatic rings. The summed E-state index contributed by atoms with van der Waals surface area (Å²) in [5.41, 5.74) is 5.20.